The van der Waals surface area contributed by atoms with Crippen LogP contribution in [0.25, 0.3) is 11.4 Å². The van der Waals surface area contributed by atoms with E-state index in [9.17, 15) is 0 Å². The van der Waals surface area contributed by atoms with Gasteiger partial charge in [-0.25, -0.2) is 0 Å². The lowest BCUT2D eigenvalue weighted by Crippen LogP contribution is -1.88. The van der Waals surface area contributed by atoms with Crippen LogP contribution in [0.1, 0.15) is 0 Å². The van der Waals surface area contributed by atoms with E-state index in [2.05, 4.69) is 26.1 Å². The first-order valence-corrected chi connectivity index (χ1v) is 3.42. The second-order valence-electron chi connectivity index (χ2n) is 2.11. The van der Waals surface area contributed by atoms with Crippen molar-refractivity contribution in [3.8, 4) is 11.4 Å². The molecule has 0 aliphatic heterocycles. The normalized spacial score (nSPS) is 9.67. The Morgan fingerprint density at radius 3 is 2.58 bits per heavy atom. The molecule has 2 aromatic heterocycles. The summed E-state index contributed by atoms with van der Waals surface area (Å²) in [6.07, 6.45) is 10.7. The van der Waals surface area contributed by atoms with Gasteiger partial charge in [0.1, 0.15) is 17.6 Å². The topological polar surface area (TPSA) is 51.6 Å². The Hall–Kier alpha value is -1.84. The maximum atomic E-state index is 4.05. The van der Waals surface area contributed by atoms with E-state index >= 15 is 0 Å². The first-order chi connectivity index (χ1) is 5.97. The third kappa shape index (κ3) is 1.27. The summed E-state index contributed by atoms with van der Waals surface area (Å²) < 4.78 is 0. The lowest BCUT2D eigenvalue weighted by Gasteiger charge is -1.94. The van der Waals surface area contributed by atoms with Gasteiger partial charge in [0.15, 0.2) is 0 Å². The Kier molecular flexibility index (Phi) is 1.74. The third-order valence-electron chi connectivity index (χ3n) is 1.32. The Morgan fingerprint density at radius 2 is 1.92 bits per heavy atom. The summed E-state index contributed by atoms with van der Waals surface area (Å²) in [5.41, 5.74) is 1.30. The zero-order valence-electron chi connectivity index (χ0n) is 6.18. The van der Waals surface area contributed by atoms with Crippen LogP contribution in [-0.4, -0.2) is 19.9 Å². The van der Waals surface area contributed by atoms with Crippen molar-refractivity contribution in [2.24, 2.45) is 0 Å². The van der Waals surface area contributed by atoms with Gasteiger partial charge >= 0.3 is 0 Å². The summed E-state index contributed by atoms with van der Waals surface area (Å²) in [5.74, 6) is 0. The van der Waals surface area contributed by atoms with Gasteiger partial charge in [-0.2, -0.15) is 0 Å². The van der Waals surface area contributed by atoms with Crippen molar-refractivity contribution in [3.63, 3.8) is 0 Å². The highest BCUT2D eigenvalue weighted by Gasteiger charge is 1.98. The molecule has 0 aromatic carbocycles. The second-order valence-corrected chi connectivity index (χ2v) is 2.11. The van der Waals surface area contributed by atoms with Crippen LogP contribution in [-0.2, 0) is 0 Å². The third-order valence-corrected chi connectivity index (χ3v) is 1.32. The Labute approximate surface area is 69.4 Å². The minimum Gasteiger partial charge on any atom is -0.261 e. The summed E-state index contributed by atoms with van der Waals surface area (Å²) >= 11 is 0. The molecule has 1 radical (unpaired) electrons. The van der Waals surface area contributed by atoms with E-state index < -0.39 is 0 Å². The predicted molar refractivity (Wildman–Crippen MR) is 41.9 cm³/mol. The molecule has 0 aliphatic rings. The molecule has 0 saturated heterocycles. The molecular weight excluding hydrogens is 152 g/mol. The average molecular weight is 157 g/mol. The summed E-state index contributed by atoms with van der Waals surface area (Å²) in [5, 5.41) is 0. The van der Waals surface area contributed by atoms with Gasteiger partial charge in [-0.15, -0.1) is 0 Å². The predicted octanol–water partition coefficient (Wildman–Crippen LogP) is 0.734. The first kappa shape index (κ1) is 6.84. The van der Waals surface area contributed by atoms with Crippen molar-refractivity contribution >= 4 is 0 Å². The highest BCUT2D eigenvalue weighted by Crippen LogP contribution is 2.07. The van der Waals surface area contributed by atoms with Gasteiger partial charge in [-0.05, 0) is 0 Å². The molecule has 0 bridgehead atoms. The fourth-order valence-corrected chi connectivity index (χ4v) is 0.813. The van der Waals surface area contributed by atoms with Crippen LogP contribution in [0.2, 0.25) is 0 Å². The minimum atomic E-state index is 0.616. The monoisotopic (exact) mass is 157 g/mol. The van der Waals surface area contributed by atoms with Gasteiger partial charge in [0.2, 0.25) is 0 Å². The van der Waals surface area contributed by atoms with Crippen molar-refractivity contribution in [1.29, 1.82) is 0 Å². The van der Waals surface area contributed by atoms with Crippen LogP contribution in [0.15, 0.2) is 31.0 Å². The lowest BCUT2D eigenvalue weighted by atomic mass is 10.3. The summed E-state index contributed by atoms with van der Waals surface area (Å²) in [7, 11) is 0. The summed E-state index contributed by atoms with van der Waals surface area (Å²) in [6.45, 7) is 0. The first-order valence-electron chi connectivity index (χ1n) is 3.42. The molecule has 2 aromatic rings. The van der Waals surface area contributed by atoms with Crippen LogP contribution in [0.4, 0.5) is 0 Å². The molecule has 0 amide bonds. The van der Waals surface area contributed by atoms with Crippen LogP contribution < -0.4 is 0 Å². The van der Waals surface area contributed by atoms with E-state index in [4.69, 9.17) is 0 Å². The molecule has 57 valence electrons. The molecule has 0 aliphatic carbocycles. The highest BCUT2D eigenvalue weighted by molar-refractivity contribution is 5.49. The molecule has 0 spiro atoms. The van der Waals surface area contributed by atoms with Crippen molar-refractivity contribution < 1.29 is 0 Å². The van der Waals surface area contributed by atoms with Gasteiger partial charge in [0.25, 0.3) is 0 Å². The molecule has 4 heteroatoms. The van der Waals surface area contributed by atoms with E-state index in [1.807, 2.05) is 0 Å². The number of hydrogen-bond acceptors (Lipinski definition) is 4. The number of hydrogen-bond donors (Lipinski definition) is 0. The largest absolute Gasteiger partial charge is 0.261 e. The van der Waals surface area contributed by atoms with Gasteiger partial charge in [0, 0.05) is 24.8 Å². The van der Waals surface area contributed by atoms with Crippen molar-refractivity contribution in [2.75, 3.05) is 0 Å². The Morgan fingerprint density at radius 1 is 1.00 bits per heavy atom. The zero-order valence-corrected chi connectivity index (χ0v) is 6.18. The number of nitrogens with zero attached hydrogens (tertiary/aromatic N) is 4. The van der Waals surface area contributed by atoms with Crippen molar-refractivity contribution in [3.05, 3.63) is 37.2 Å². The molecule has 0 fully saturated rings. The van der Waals surface area contributed by atoms with E-state index in [0.29, 0.717) is 11.4 Å². The van der Waals surface area contributed by atoms with Crippen LogP contribution in [0, 0.1) is 6.20 Å². The maximum absolute atomic E-state index is 4.05. The smallest absolute Gasteiger partial charge is 0.119 e. The van der Waals surface area contributed by atoms with E-state index in [1.54, 1.807) is 31.0 Å². The molecule has 2 rings (SSSR count). The average Bonchev–Trinajstić information content (AvgIpc) is 2.21. The molecular formula is C8H5N4. The fraction of sp³-hybridized carbons (Fsp3) is 0. The summed E-state index contributed by atoms with van der Waals surface area (Å²) in [6, 6.07) is 0. The van der Waals surface area contributed by atoms with Gasteiger partial charge in [-0.1, -0.05) is 0 Å². The van der Waals surface area contributed by atoms with Gasteiger partial charge in [-0.3, -0.25) is 19.9 Å². The van der Waals surface area contributed by atoms with Crippen LogP contribution in [0.5, 0.6) is 0 Å². The van der Waals surface area contributed by atoms with E-state index in [1.165, 1.54) is 0 Å². The standard InChI is InChI=1S/C8H5N4/c1-3-11-7(5-9-1)8-6-10-2-4-12-8/h1-5H. The second kappa shape index (κ2) is 3.04. The fourth-order valence-electron chi connectivity index (χ4n) is 0.813. The zero-order chi connectivity index (χ0) is 8.23. The number of aromatic nitrogens is 4. The molecule has 4 nitrogen and oxygen atoms in total. The molecule has 0 atom stereocenters. The SMILES string of the molecule is [c]1nccnc1-c1cnccn1. The summed E-state index contributed by atoms with van der Waals surface area (Å²) in [4.78, 5) is 15.8. The van der Waals surface area contributed by atoms with Crippen molar-refractivity contribution in [2.45, 2.75) is 0 Å². The Balaban J connectivity index is 2.46. The van der Waals surface area contributed by atoms with Gasteiger partial charge in [0.05, 0.1) is 6.20 Å². The molecule has 2 heterocycles. The molecule has 0 N–H and O–H groups in total. The quantitative estimate of drug-likeness (QED) is 0.612. The Bertz CT molecular complexity index is 308. The molecule has 0 saturated carbocycles. The maximum Gasteiger partial charge on any atom is 0.119 e. The van der Waals surface area contributed by atoms with E-state index in [0.717, 1.165) is 0 Å². The van der Waals surface area contributed by atoms with Crippen LogP contribution >= 0.6 is 0 Å². The van der Waals surface area contributed by atoms with E-state index in [-0.39, 0.29) is 0 Å². The lowest BCUT2D eigenvalue weighted by molar-refractivity contribution is 1.14. The van der Waals surface area contributed by atoms with Crippen molar-refractivity contribution in [1.82, 2.24) is 19.9 Å². The van der Waals surface area contributed by atoms with Crippen LogP contribution in [0.3, 0.4) is 0 Å². The molecule has 12 heavy (non-hydrogen) atoms. The van der Waals surface area contributed by atoms with Gasteiger partial charge < -0.3 is 0 Å². The number of rotatable bonds is 1. The minimum absolute atomic E-state index is 0.616. The highest BCUT2D eigenvalue weighted by atomic mass is 14.8. The molecule has 0 unspecified atom stereocenters.